The zero-order valence-electron chi connectivity index (χ0n) is 13.5. The van der Waals surface area contributed by atoms with E-state index < -0.39 is 0 Å². The van der Waals surface area contributed by atoms with Gasteiger partial charge < -0.3 is 5.32 Å². The minimum Gasteiger partial charge on any atom is -0.349 e. The van der Waals surface area contributed by atoms with Crippen molar-refractivity contribution in [3.05, 3.63) is 46.8 Å². The summed E-state index contributed by atoms with van der Waals surface area (Å²) < 4.78 is 1.93. The minimum atomic E-state index is 0.0366. The van der Waals surface area contributed by atoms with Crippen LogP contribution in [0.15, 0.2) is 24.3 Å². The van der Waals surface area contributed by atoms with E-state index in [2.05, 4.69) is 50.4 Å². The number of aromatic nitrogens is 2. The van der Waals surface area contributed by atoms with Gasteiger partial charge in [-0.1, -0.05) is 31.5 Å². The van der Waals surface area contributed by atoms with Gasteiger partial charge >= 0.3 is 0 Å². The average Bonchev–Trinajstić information content (AvgIpc) is 3.25. The molecule has 1 heterocycles. The van der Waals surface area contributed by atoms with Crippen LogP contribution in [0.2, 0.25) is 0 Å². The van der Waals surface area contributed by atoms with Crippen LogP contribution in [-0.4, -0.2) is 21.7 Å². The summed E-state index contributed by atoms with van der Waals surface area (Å²) in [7, 11) is 0. The number of nitrogens with one attached hydrogen (secondary N) is 1. The molecule has 1 aliphatic rings. The highest BCUT2D eigenvalue weighted by molar-refractivity contribution is 5.97. The van der Waals surface area contributed by atoms with Crippen LogP contribution in [-0.2, 0) is 12.8 Å². The van der Waals surface area contributed by atoms with Crippen molar-refractivity contribution in [3.63, 3.8) is 0 Å². The Labute approximate surface area is 131 Å². The number of amides is 1. The fourth-order valence-corrected chi connectivity index (χ4v) is 2.72. The second-order valence-corrected chi connectivity index (χ2v) is 5.97. The molecule has 1 aromatic carbocycles. The molecule has 1 saturated carbocycles. The molecule has 1 aromatic heterocycles. The van der Waals surface area contributed by atoms with Crippen molar-refractivity contribution in [1.82, 2.24) is 15.1 Å². The monoisotopic (exact) mass is 297 g/mol. The molecule has 4 heteroatoms. The maximum Gasteiger partial charge on any atom is 0.255 e. The number of benzene rings is 1. The molecule has 0 saturated heterocycles. The van der Waals surface area contributed by atoms with Crippen LogP contribution in [0.1, 0.15) is 54.0 Å². The van der Waals surface area contributed by atoms with Crippen LogP contribution < -0.4 is 5.32 Å². The molecule has 1 fully saturated rings. The fourth-order valence-electron chi connectivity index (χ4n) is 2.72. The molecule has 0 aliphatic heterocycles. The lowest BCUT2D eigenvalue weighted by Gasteiger charge is -2.08. The Morgan fingerprint density at radius 2 is 1.91 bits per heavy atom. The maximum atomic E-state index is 12.6. The van der Waals surface area contributed by atoms with Crippen molar-refractivity contribution in [1.29, 1.82) is 0 Å². The van der Waals surface area contributed by atoms with Crippen molar-refractivity contribution in [2.24, 2.45) is 0 Å². The van der Waals surface area contributed by atoms with Gasteiger partial charge in [0.2, 0.25) is 0 Å². The minimum absolute atomic E-state index is 0.0366. The third-order valence-electron chi connectivity index (χ3n) is 4.14. The molecule has 116 valence electrons. The molecule has 2 aromatic rings. The molecular weight excluding hydrogens is 274 g/mol. The zero-order chi connectivity index (χ0) is 15.7. The zero-order valence-corrected chi connectivity index (χ0v) is 13.5. The van der Waals surface area contributed by atoms with E-state index in [-0.39, 0.29) is 5.91 Å². The molecule has 0 radical (unpaired) electrons. The lowest BCUT2D eigenvalue weighted by atomic mass is 10.1. The first-order valence-corrected chi connectivity index (χ1v) is 8.12. The van der Waals surface area contributed by atoms with E-state index >= 15 is 0 Å². The number of carbonyl (C=O) groups excluding carboxylic acids is 1. The van der Waals surface area contributed by atoms with Crippen LogP contribution in [0.25, 0.3) is 5.69 Å². The van der Waals surface area contributed by atoms with E-state index in [1.54, 1.807) is 0 Å². The molecule has 3 rings (SSSR count). The SMILES string of the molecule is CCc1nn(-c2ccc(C)cc2)c(CC)c1C(=O)NC1CC1. The number of carbonyl (C=O) groups is 1. The van der Waals surface area contributed by atoms with Crippen molar-refractivity contribution in [2.45, 2.75) is 52.5 Å². The molecule has 22 heavy (non-hydrogen) atoms. The summed E-state index contributed by atoms with van der Waals surface area (Å²) in [4.78, 5) is 12.6. The summed E-state index contributed by atoms with van der Waals surface area (Å²) in [6.07, 6.45) is 3.75. The predicted molar refractivity (Wildman–Crippen MR) is 87.5 cm³/mol. The first kappa shape index (κ1) is 14.8. The lowest BCUT2D eigenvalue weighted by Crippen LogP contribution is -2.27. The van der Waals surface area contributed by atoms with Gasteiger partial charge in [0.25, 0.3) is 5.91 Å². The Morgan fingerprint density at radius 3 is 2.45 bits per heavy atom. The summed E-state index contributed by atoms with van der Waals surface area (Å²) in [5, 5.41) is 7.81. The van der Waals surface area contributed by atoms with Gasteiger partial charge in [0.1, 0.15) is 0 Å². The maximum absolute atomic E-state index is 12.6. The third kappa shape index (κ3) is 2.78. The van der Waals surface area contributed by atoms with E-state index in [1.165, 1.54) is 5.56 Å². The summed E-state index contributed by atoms with van der Waals surface area (Å²) in [6.45, 7) is 6.20. The summed E-state index contributed by atoms with van der Waals surface area (Å²) >= 11 is 0. The number of aryl methyl sites for hydroxylation is 2. The second kappa shape index (κ2) is 5.95. The number of hydrogen-bond acceptors (Lipinski definition) is 2. The van der Waals surface area contributed by atoms with E-state index in [0.717, 1.165) is 48.3 Å². The first-order chi connectivity index (χ1) is 10.6. The van der Waals surface area contributed by atoms with Crippen molar-refractivity contribution in [2.75, 3.05) is 0 Å². The highest BCUT2D eigenvalue weighted by Gasteiger charge is 2.28. The second-order valence-electron chi connectivity index (χ2n) is 5.97. The molecule has 4 nitrogen and oxygen atoms in total. The lowest BCUT2D eigenvalue weighted by molar-refractivity contribution is 0.0949. The fraction of sp³-hybridized carbons (Fsp3) is 0.444. The number of nitrogens with zero attached hydrogens (tertiary/aromatic N) is 2. The highest BCUT2D eigenvalue weighted by atomic mass is 16.1. The Morgan fingerprint density at radius 1 is 1.23 bits per heavy atom. The quantitative estimate of drug-likeness (QED) is 0.921. The van der Waals surface area contributed by atoms with Crippen molar-refractivity contribution in [3.8, 4) is 5.69 Å². The Hall–Kier alpha value is -2.10. The average molecular weight is 297 g/mol. The van der Waals surface area contributed by atoms with E-state index in [9.17, 15) is 4.79 Å². The van der Waals surface area contributed by atoms with Crippen molar-refractivity contribution < 1.29 is 4.79 Å². The van der Waals surface area contributed by atoms with Gasteiger partial charge in [0.05, 0.1) is 22.6 Å². The van der Waals surface area contributed by atoms with Gasteiger partial charge in [0, 0.05) is 6.04 Å². The first-order valence-electron chi connectivity index (χ1n) is 8.12. The van der Waals surface area contributed by atoms with Gasteiger partial charge in [-0.3, -0.25) is 4.79 Å². The smallest absolute Gasteiger partial charge is 0.255 e. The van der Waals surface area contributed by atoms with Gasteiger partial charge in [-0.25, -0.2) is 4.68 Å². The van der Waals surface area contributed by atoms with E-state index in [1.807, 2.05) is 4.68 Å². The topological polar surface area (TPSA) is 46.9 Å². The number of rotatable bonds is 5. The van der Waals surface area contributed by atoms with Crippen LogP contribution in [0.3, 0.4) is 0 Å². The van der Waals surface area contributed by atoms with Crippen LogP contribution in [0, 0.1) is 6.92 Å². The molecule has 0 spiro atoms. The Kier molecular flexibility index (Phi) is 4.01. The van der Waals surface area contributed by atoms with Gasteiger partial charge in [-0.05, 0) is 44.7 Å². The molecule has 1 amide bonds. The summed E-state index contributed by atoms with van der Waals surface area (Å²) in [6, 6.07) is 8.63. The molecule has 0 unspecified atom stereocenters. The predicted octanol–water partition coefficient (Wildman–Crippen LogP) is 3.20. The molecule has 0 atom stereocenters. The standard InChI is InChI=1S/C18H23N3O/c1-4-15-17(18(22)19-13-8-9-13)16(5-2)21(20-15)14-10-6-12(3)7-11-14/h6-7,10-11,13H,4-5,8-9H2,1-3H3,(H,19,22). The summed E-state index contributed by atoms with van der Waals surface area (Å²) in [5.74, 6) is 0.0366. The molecule has 1 aliphatic carbocycles. The molecular formula is C18H23N3O. The third-order valence-corrected chi connectivity index (χ3v) is 4.14. The Balaban J connectivity index is 2.04. The number of hydrogen-bond donors (Lipinski definition) is 1. The largest absolute Gasteiger partial charge is 0.349 e. The van der Waals surface area contributed by atoms with Gasteiger partial charge in [-0.15, -0.1) is 0 Å². The normalized spacial score (nSPS) is 14.1. The van der Waals surface area contributed by atoms with Gasteiger partial charge in [0.15, 0.2) is 0 Å². The van der Waals surface area contributed by atoms with Gasteiger partial charge in [-0.2, -0.15) is 5.10 Å². The molecule has 0 bridgehead atoms. The highest BCUT2D eigenvalue weighted by Crippen LogP contribution is 2.24. The Bertz CT molecular complexity index is 681. The van der Waals surface area contributed by atoms with Crippen LogP contribution in [0.5, 0.6) is 0 Å². The van der Waals surface area contributed by atoms with Crippen LogP contribution in [0.4, 0.5) is 0 Å². The van der Waals surface area contributed by atoms with E-state index in [0.29, 0.717) is 6.04 Å². The molecule has 1 N–H and O–H groups in total. The van der Waals surface area contributed by atoms with E-state index in [4.69, 9.17) is 5.10 Å². The van der Waals surface area contributed by atoms with Crippen molar-refractivity contribution >= 4 is 5.91 Å². The van der Waals surface area contributed by atoms with Crippen LogP contribution >= 0.6 is 0 Å². The summed E-state index contributed by atoms with van der Waals surface area (Å²) in [5.41, 5.74) is 4.89.